The lowest BCUT2D eigenvalue weighted by Gasteiger charge is -2.11. The van der Waals surface area contributed by atoms with E-state index in [9.17, 15) is 28.1 Å². The Morgan fingerprint density at radius 1 is 1.55 bits per heavy atom. The Kier molecular flexibility index (Phi) is 4.32. The maximum Gasteiger partial charge on any atom is 0.574 e. The highest BCUT2D eigenvalue weighted by Crippen LogP contribution is 2.35. The molecule has 1 rings (SSSR count). The molecule has 1 aromatic rings. The van der Waals surface area contributed by atoms with Crippen LogP contribution in [0.5, 0.6) is 11.8 Å². The molecule has 11 heteroatoms. The van der Waals surface area contributed by atoms with Crippen LogP contribution in [0.25, 0.3) is 0 Å². The van der Waals surface area contributed by atoms with E-state index in [4.69, 9.17) is 5.11 Å². The Balaban J connectivity index is 3.45. The first-order valence-electron chi connectivity index (χ1n) is 4.84. The number of carboxylic acid groups (broad SMARTS) is 1. The number of nitro groups is 1. The van der Waals surface area contributed by atoms with E-state index < -0.39 is 46.7 Å². The number of aliphatic carboxylic acids is 1. The Labute approximate surface area is 108 Å². The van der Waals surface area contributed by atoms with Gasteiger partial charge in [-0.05, 0) is 0 Å². The largest absolute Gasteiger partial charge is 0.574 e. The molecule has 0 unspecified atom stereocenters. The van der Waals surface area contributed by atoms with Crippen LogP contribution >= 0.6 is 0 Å². The molecule has 0 saturated carbocycles. The smallest absolute Gasteiger partial charge is 0.481 e. The van der Waals surface area contributed by atoms with Crippen LogP contribution in [0.1, 0.15) is 5.56 Å². The van der Waals surface area contributed by atoms with E-state index in [-0.39, 0.29) is 0 Å². The zero-order valence-corrected chi connectivity index (χ0v) is 9.80. The van der Waals surface area contributed by atoms with Crippen molar-refractivity contribution in [3.8, 4) is 11.8 Å². The minimum absolute atomic E-state index is 0.439. The number of nitrogens with zero attached hydrogens (tertiary/aromatic N) is 2. The zero-order chi connectivity index (χ0) is 15.5. The number of carboxylic acids is 1. The second-order valence-corrected chi connectivity index (χ2v) is 3.35. The molecule has 1 heterocycles. The van der Waals surface area contributed by atoms with Crippen LogP contribution in [0, 0.1) is 10.1 Å². The Bertz CT molecular complexity index is 545. The van der Waals surface area contributed by atoms with Gasteiger partial charge in [0, 0.05) is 6.07 Å². The molecule has 110 valence electrons. The molecule has 0 saturated heterocycles. The molecule has 0 spiro atoms. The second-order valence-electron chi connectivity index (χ2n) is 3.35. The van der Waals surface area contributed by atoms with Crippen molar-refractivity contribution in [1.82, 2.24) is 4.98 Å². The molecule has 0 fully saturated rings. The van der Waals surface area contributed by atoms with Crippen LogP contribution in [-0.4, -0.2) is 34.5 Å². The fourth-order valence-electron chi connectivity index (χ4n) is 1.32. The van der Waals surface area contributed by atoms with E-state index >= 15 is 0 Å². The SMILES string of the molecule is COc1cc(CC(=O)O)c([N+](=O)[O-])c(OC(F)(F)F)n1. The molecule has 0 bridgehead atoms. The first kappa shape index (κ1) is 15.5. The summed E-state index contributed by atoms with van der Waals surface area (Å²) >= 11 is 0. The zero-order valence-electron chi connectivity index (χ0n) is 9.80. The summed E-state index contributed by atoms with van der Waals surface area (Å²) in [6, 6.07) is 0.857. The lowest BCUT2D eigenvalue weighted by molar-refractivity contribution is -0.389. The highest BCUT2D eigenvalue weighted by Gasteiger charge is 2.37. The molecule has 0 aliphatic carbocycles. The van der Waals surface area contributed by atoms with Crippen molar-refractivity contribution in [2.75, 3.05) is 7.11 Å². The van der Waals surface area contributed by atoms with Gasteiger partial charge in [-0.1, -0.05) is 0 Å². The molecule has 0 aliphatic rings. The average molecular weight is 296 g/mol. The van der Waals surface area contributed by atoms with Gasteiger partial charge in [0.05, 0.1) is 24.0 Å². The molecule has 0 aliphatic heterocycles. The summed E-state index contributed by atoms with van der Waals surface area (Å²) in [5, 5.41) is 19.4. The molecule has 20 heavy (non-hydrogen) atoms. The number of hydrogen-bond acceptors (Lipinski definition) is 6. The van der Waals surface area contributed by atoms with Gasteiger partial charge < -0.3 is 14.6 Å². The van der Waals surface area contributed by atoms with Crippen molar-refractivity contribution < 1.29 is 37.5 Å². The molecule has 0 amide bonds. The summed E-state index contributed by atoms with van der Waals surface area (Å²) in [5.41, 5.74) is -1.70. The van der Waals surface area contributed by atoms with E-state index in [1.165, 1.54) is 0 Å². The Hall–Kier alpha value is -2.59. The third-order valence-corrected chi connectivity index (χ3v) is 1.96. The van der Waals surface area contributed by atoms with Gasteiger partial charge in [-0.3, -0.25) is 14.9 Å². The molecule has 0 aromatic carbocycles. The van der Waals surface area contributed by atoms with Gasteiger partial charge in [0.2, 0.25) is 5.88 Å². The van der Waals surface area contributed by atoms with Crippen molar-refractivity contribution in [2.45, 2.75) is 12.8 Å². The normalized spacial score (nSPS) is 11.0. The van der Waals surface area contributed by atoms with E-state index in [0.29, 0.717) is 0 Å². The minimum Gasteiger partial charge on any atom is -0.481 e. The van der Waals surface area contributed by atoms with Crippen molar-refractivity contribution in [1.29, 1.82) is 0 Å². The molecule has 8 nitrogen and oxygen atoms in total. The quantitative estimate of drug-likeness (QED) is 0.647. The Morgan fingerprint density at radius 3 is 2.55 bits per heavy atom. The van der Waals surface area contributed by atoms with Crippen molar-refractivity contribution >= 4 is 11.7 Å². The van der Waals surface area contributed by atoms with Crippen molar-refractivity contribution in [2.24, 2.45) is 0 Å². The summed E-state index contributed by atoms with van der Waals surface area (Å²) < 4.78 is 44.5. The number of pyridine rings is 1. The highest BCUT2D eigenvalue weighted by atomic mass is 19.4. The summed E-state index contributed by atoms with van der Waals surface area (Å²) in [6.07, 6.45) is -6.10. The lowest BCUT2D eigenvalue weighted by atomic mass is 10.1. The third kappa shape index (κ3) is 3.96. The first-order valence-corrected chi connectivity index (χ1v) is 4.84. The number of aromatic nitrogens is 1. The number of alkyl halides is 3. The maximum absolute atomic E-state index is 12.2. The fraction of sp³-hybridized carbons (Fsp3) is 0.333. The fourth-order valence-corrected chi connectivity index (χ4v) is 1.32. The molecule has 1 aromatic heterocycles. The number of rotatable bonds is 5. The number of ether oxygens (including phenoxy) is 2. The number of methoxy groups -OCH3 is 1. The number of hydrogen-bond donors (Lipinski definition) is 1. The van der Waals surface area contributed by atoms with Crippen molar-refractivity contribution in [3.63, 3.8) is 0 Å². The number of carbonyl (C=O) groups is 1. The monoisotopic (exact) mass is 296 g/mol. The predicted molar refractivity (Wildman–Crippen MR) is 55.5 cm³/mol. The number of halogens is 3. The second kappa shape index (κ2) is 5.59. The summed E-state index contributed by atoms with van der Waals surface area (Å²) in [4.78, 5) is 23.4. The van der Waals surface area contributed by atoms with Gasteiger partial charge in [-0.2, -0.15) is 4.98 Å². The van der Waals surface area contributed by atoms with Gasteiger partial charge in [0.15, 0.2) is 0 Å². The maximum atomic E-state index is 12.2. The molecule has 0 atom stereocenters. The van der Waals surface area contributed by atoms with Crippen LogP contribution in [0.3, 0.4) is 0 Å². The molecular formula is C9H7F3N2O6. The summed E-state index contributed by atoms with van der Waals surface area (Å²) in [5.74, 6) is -3.29. The molecular weight excluding hydrogens is 289 g/mol. The van der Waals surface area contributed by atoms with Crippen LogP contribution < -0.4 is 9.47 Å². The first-order chi connectivity index (χ1) is 9.14. The van der Waals surface area contributed by atoms with Gasteiger partial charge in [-0.15, -0.1) is 13.2 Å². The molecule has 1 N–H and O–H groups in total. The van der Waals surface area contributed by atoms with E-state index in [2.05, 4.69) is 14.5 Å². The summed E-state index contributed by atoms with van der Waals surface area (Å²) in [7, 11) is 1.05. The van der Waals surface area contributed by atoms with Gasteiger partial charge in [0.25, 0.3) is 0 Å². The van der Waals surface area contributed by atoms with Crippen LogP contribution in [0.2, 0.25) is 0 Å². The van der Waals surface area contributed by atoms with E-state index in [0.717, 1.165) is 13.2 Å². The average Bonchev–Trinajstić information content (AvgIpc) is 2.24. The van der Waals surface area contributed by atoms with Gasteiger partial charge in [0.1, 0.15) is 0 Å². The third-order valence-electron chi connectivity index (χ3n) is 1.96. The van der Waals surface area contributed by atoms with E-state index in [1.807, 2.05) is 0 Å². The lowest BCUT2D eigenvalue weighted by Crippen LogP contribution is -2.19. The minimum atomic E-state index is -5.22. The standard InChI is InChI=1S/C9H7F3N2O6/c1-19-5-2-4(3-6(15)16)7(14(17)18)8(13-5)20-9(10,11)12/h2H,3H2,1H3,(H,15,16). The Morgan fingerprint density at radius 2 is 2.15 bits per heavy atom. The van der Waals surface area contributed by atoms with Crippen molar-refractivity contribution in [3.05, 3.63) is 21.7 Å². The van der Waals surface area contributed by atoms with E-state index in [1.54, 1.807) is 0 Å². The van der Waals surface area contributed by atoms with Gasteiger partial charge >= 0.3 is 23.9 Å². The topological polar surface area (TPSA) is 112 Å². The van der Waals surface area contributed by atoms with Crippen LogP contribution in [0.4, 0.5) is 18.9 Å². The van der Waals surface area contributed by atoms with Crippen LogP contribution in [0.15, 0.2) is 6.07 Å². The molecule has 0 radical (unpaired) electrons. The van der Waals surface area contributed by atoms with Crippen LogP contribution in [-0.2, 0) is 11.2 Å². The highest BCUT2D eigenvalue weighted by molar-refractivity contribution is 5.73. The van der Waals surface area contributed by atoms with Gasteiger partial charge in [-0.25, -0.2) is 0 Å². The summed E-state index contributed by atoms with van der Waals surface area (Å²) in [6.45, 7) is 0. The predicted octanol–water partition coefficient (Wildman–Crippen LogP) is 1.52.